The van der Waals surface area contributed by atoms with Crippen LogP contribution in [-0.4, -0.2) is 12.6 Å². The second-order valence-corrected chi connectivity index (χ2v) is 4.64. The zero-order valence-corrected chi connectivity index (χ0v) is 12.3. The predicted octanol–water partition coefficient (Wildman–Crippen LogP) is 3.90. The van der Waals surface area contributed by atoms with Crippen molar-refractivity contribution in [2.45, 2.75) is 13.0 Å². The van der Waals surface area contributed by atoms with Gasteiger partial charge in [0.15, 0.2) is 0 Å². The number of hydrogen-bond donors (Lipinski definition) is 1. The molecule has 0 aliphatic carbocycles. The van der Waals surface area contributed by atoms with Crippen LogP contribution in [0.5, 0.6) is 0 Å². The first-order valence-corrected chi connectivity index (χ1v) is 6.96. The molecule has 0 atom stereocenters. The van der Waals surface area contributed by atoms with Crippen molar-refractivity contribution in [3.05, 3.63) is 71.3 Å². The first kappa shape index (κ1) is 16.5. The Morgan fingerprint density at radius 3 is 2.65 bits per heavy atom. The van der Waals surface area contributed by atoms with Crippen LogP contribution in [0.3, 0.4) is 0 Å². The fraction of sp³-hybridized carbons (Fsp3) is 0.167. The van der Waals surface area contributed by atoms with Crippen LogP contribution in [0.15, 0.2) is 54.6 Å². The molecule has 2 rings (SSSR count). The molecule has 1 amide bonds. The number of halogens is 2. The number of alkyl carbamates (subject to hydrolysis) is 1. The SMILES string of the molecule is O=C(NCC#Cc1cccc(C(F)F)c1)OCc1ccccc1. The van der Waals surface area contributed by atoms with E-state index in [1.54, 1.807) is 6.07 Å². The van der Waals surface area contributed by atoms with Crippen LogP contribution in [0.25, 0.3) is 0 Å². The number of carbonyl (C=O) groups is 1. The Bertz CT molecular complexity index is 706. The predicted molar refractivity (Wildman–Crippen MR) is 82.9 cm³/mol. The third-order valence-corrected chi connectivity index (χ3v) is 2.91. The highest BCUT2D eigenvalue weighted by atomic mass is 19.3. The number of rotatable bonds is 4. The molecule has 118 valence electrons. The molecule has 0 fully saturated rings. The van der Waals surface area contributed by atoms with Crippen molar-refractivity contribution >= 4 is 6.09 Å². The summed E-state index contributed by atoms with van der Waals surface area (Å²) >= 11 is 0. The van der Waals surface area contributed by atoms with E-state index in [1.807, 2.05) is 30.3 Å². The lowest BCUT2D eigenvalue weighted by Gasteiger charge is -2.04. The van der Waals surface area contributed by atoms with Gasteiger partial charge in [-0.3, -0.25) is 0 Å². The maximum Gasteiger partial charge on any atom is 0.408 e. The minimum Gasteiger partial charge on any atom is -0.445 e. The molecule has 0 aliphatic rings. The van der Waals surface area contributed by atoms with E-state index in [0.29, 0.717) is 5.56 Å². The Morgan fingerprint density at radius 2 is 1.91 bits per heavy atom. The lowest BCUT2D eigenvalue weighted by atomic mass is 10.1. The summed E-state index contributed by atoms with van der Waals surface area (Å²) < 4.78 is 30.1. The Labute approximate surface area is 133 Å². The molecular formula is C18H15F2NO2. The second kappa shape index (κ2) is 8.54. The number of benzene rings is 2. The molecule has 0 aromatic heterocycles. The van der Waals surface area contributed by atoms with Crippen LogP contribution in [0.1, 0.15) is 23.1 Å². The van der Waals surface area contributed by atoms with Gasteiger partial charge in [0.05, 0.1) is 6.54 Å². The van der Waals surface area contributed by atoms with Gasteiger partial charge in [0.25, 0.3) is 6.43 Å². The zero-order valence-electron chi connectivity index (χ0n) is 12.3. The van der Waals surface area contributed by atoms with Crippen LogP contribution in [0.2, 0.25) is 0 Å². The van der Waals surface area contributed by atoms with Gasteiger partial charge < -0.3 is 10.1 Å². The van der Waals surface area contributed by atoms with Crippen LogP contribution >= 0.6 is 0 Å². The summed E-state index contributed by atoms with van der Waals surface area (Å²) in [6, 6.07) is 15.1. The van der Waals surface area contributed by atoms with Crippen LogP contribution in [0.4, 0.5) is 13.6 Å². The van der Waals surface area contributed by atoms with Crippen LogP contribution in [0, 0.1) is 11.8 Å². The van der Waals surface area contributed by atoms with Gasteiger partial charge in [-0.05, 0) is 17.7 Å². The van der Waals surface area contributed by atoms with Crippen LogP contribution in [-0.2, 0) is 11.3 Å². The van der Waals surface area contributed by atoms with E-state index >= 15 is 0 Å². The Hall–Kier alpha value is -2.87. The van der Waals surface area contributed by atoms with E-state index in [-0.39, 0.29) is 18.7 Å². The van der Waals surface area contributed by atoms with E-state index in [9.17, 15) is 13.6 Å². The number of ether oxygens (including phenoxy) is 1. The molecule has 0 unspecified atom stereocenters. The third-order valence-electron chi connectivity index (χ3n) is 2.91. The van der Waals surface area contributed by atoms with Crippen molar-refractivity contribution in [1.29, 1.82) is 0 Å². The Kier molecular flexibility index (Phi) is 6.13. The molecule has 1 N–H and O–H groups in total. The average molecular weight is 315 g/mol. The van der Waals surface area contributed by atoms with Gasteiger partial charge in [-0.2, -0.15) is 0 Å². The maximum atomic E-state index is 12.5. The van der Waals surface area contributed by atoms with Gasteiger partial charge in [0, 0.05) is 11.1 Å². The highest BCUT2D eigenvalue weighted by Gasteiger charge is 2.05. The molecule has 0 saturated carbocycles. The standard InChI is InChI=1S/C18H15F2NO2/c19-17(20)16-10-4-8-14(12-16)9-5-11-21-18(22)23-13-15-6-2-1-3-7-15/h1-4,6-8,10,12,17H,11,13H2,(H,21,22). The lowest BCUT2D eigenvalue weighted by molar-refractivity contribution is 0.141. The van der Waals surface area contributed by atoms with Crippen molar-refractivity contribution < 1.29 is 18.3 Å². The molecule has 2 aromatic rings. The summed E-state index contributed by atoms with van der Waals surface area (Å²) in [7, 11) is 0. The van der Waals surface area contributed by atoms with Gasteiger partial charge in [-0.15, -0.1) is 0 Å². The van der Waals surface area contributed by atoms with Gasteiger partial charge in [0.1, 0.15) is 6.61 Å². The average Bonchev–Trinajstić information content (AvgIpc) is 2.58. The van der Waals surface area contributed by atoms with Crippen molar-refractivity contribution in [3.8, 4) is 11.8 Å². The van der Waals surface area contributed by atoms with Gasteiger partial charge in [0.2, 0.25) is 0 Å². The van der Waals surface area contributed by atoms with Gasteiger partial charge in [-0.25, -0.2) is 13.6 Å². The molecule has 3 nitrogen and oxygen atoms in total. The molecule has 23 heavy (non-hydrogen) atoms. The Morgan fingerprint density at radius 1 is 1.13 bits per heavy atom. The summed E-state index contributed by atoms with van der Waals surface area (Å²) in [5.74, 6) is 5.41. The highest BCUT2D eigenvalue weighted by Crippen LogP contribution is 2.18. The molecular weight excluding hydrogens is 300 g/mol. The highest BCUT2D eigenvalue weighted by molar-refractivity contribution is 5.67. The fourth-order valence-electron chi connectivity index (χ4n) is 1.79. The van der Waals surface area contributed by atoms with Crippen molar-refractivity contribution in [2.24, 2.45) is 0 Å². The summed E-state index contributed by atoms with van der Waals surface area (Å²) in [4.78, 5) is 11.5. The van der Waals surface area contributed by atoms with E-state index < -0.39 is 12.5 Å². The summed E-state index contributed by atoms with van der Waals surface area (Å²) in [6.07, 6.45) is -3.10. The molecule has 0 aliphatic heterocycles. The number of alkyl halides is 2. The second-order valence-electron chi connectivity index (χ2n) is 4.64. The van der Waals surface area contributed by atoms with E-state index in [0.717, 1.165) is 5.56 Å². The minimum absolute atomic E-state index is 0.0759. The monoisotopic (exact) mass is 315 g/mol. The first-order chi connectivity index (χ1) is 11.1. The van der Waals surface area contributed by atoms with Crippen molar-refractivity contribution in [3.63, 3.8) is 0 Å². The van der Waals surface area contributed by atoms with E-state index in [4.69, 9.17) is 4.74 Å². The maximum absolute atomic E-state index is 12.5. The Balaban J connectivity index is 1.76. The molecule has 5 heteroatoms. The normalized spacial score (nSPS) is 9.87. The molecule has 0 spiro atoms. The van der Waals surface area contributed by atoms with Crippen molar-refractivity contribution in [2.75, 3.05) is 6.54 Å². The van der Waals surface area contributed by atoms with E-state index in [2.05, 4.69) is 17.2 Å². The summed E-state index contributed by atoms with van der Waals surface area (Å²) in [5, 5.41) is 2.48. The van der Waals surface area contributed by atoms with Gasteiger partial charge >= 0.3 is 6.09 Å². The number of nitrogens with one attached hydrogen (secondary N) is 1. The number of carbonyl (C=O) groups excluding carboxylic acids is 1. The number of amides is 1. The van der Waals surface area contributed by atoms with Crippen molar-refractivity contribution in [1.82, 2.24) is 5.32 Å². The quantitative estimate of drug-likeness (QED) is 0.869. The summed E-state index contributed by atoms with van der Waals surface area (Å²) in [6.45, 7) is 0.253. The van der Waals surface area contributed by atoms with Gasteiger partial charge in [-0.1, -0.05) is 54.3 Å². The molecule has 0 heterocycles. The van der Waals surface area contributed by atoms with Crippen LogP contribution < -0.4 is 5.32 Å². The molecule has 0 radical (unpaired) electrons. The first-order valence-electron chi connectivity index (χ1n) is 6.96. The molecule has 0 bridgehead atoms. The topological polar surface area (TPSA) is 38.3 Å². The molecule has 2 aromatic carbocycles. The number of hydrogen-bond acceptors (Lipinski definition) is 2. The largest absolute Gasteiger partial charge is 0.445 e. The fourth-order valence-corrected chi connectivity index (χ4v) is 1.79. The smallest absolute Gasteiger partial charge is 0.408 e. The van der Waals surface area contributed by atoms with E-state index in [1.165, 1.54) is 18.2 Å². The minimum atomic E-state index is -2.53. The summed E-state index contributed by atoms with van der Waals surface area (Å²) in [5.41, 5.74) is 1.28. The third kappa shape index (κ3) is 5.79. The molecule has 0 saturated heterocycles. The zero-order chi connectivity index (χ0) is 16.5. The lowest BCUT2D eigenvalue weighted by Crippen LogP contribution is -2.24.